The normalized spacial score (nSPS) is 8.88. The Morgan fingerprint density at radius 1 is 1.31 bits per heavy atom. The lowest BCUT2D eigenvalue weighted by Gasteiger charge is -1.98. The van der Waals surface area contributed by atoms with E-state index in [9.17, 15) is 4.79 Å². The number of esters is 1. The van der Waals surface area contributed by atoms with Crippen molar-refractivity contribution in [3.63, 3.8) is 0 Å². The zero-order valence-corrected chi connectivity index (χ0v) is 9.19. The Kier molecular flexibility index (Phi) is 4.80. The predicted molar refractivity (Wildman–Crippen MR) is 56.7 cm³/mol. The molecule has 0 amide bonds. The summed E-state index contributed by atoms with van der Waals surface area (Å²) in [5, 5.41) is 0. The van der Waals surface area contributed by atoms with Crippen molar-refractivity contribution < 1.29 is 14.3 Å². The Hall–Kier alpha value is -2.09. The molecule has 0 N–H and O–H groups in total. The minimum atomic E-state index is -0.559. The van der Waals surface area contributed by atoms with Gasteiger partial charge >= 0.3 is 12.0 Å². The smallest absolute Gasteiger partial charge is 0.384 e. The molecule has 0 fully saturated rings. The summed E-state index contributed by atoms with van der Waals surface area (Å²) in [6.45, 7) is 4.39. The van der Waals surface area contributed by atoms with Crippen LogP contribution < -0.4 is 4.74 Å². The van der Waals surface area contributed by atoms with Crippen LogP contribution in [0.15, 0.2) is 12.4 Å². The van der Waals surface area contributed by atoms with Crippen molar-refractivity contribution in [2.45, 2.75) is 13.8 Å². The van der Waals surface area contributed by atoms with Gasteiger partial charge in [0.1, 0.15) is 0 Å². The van der Waals surface area contributed by atoms with Crippen LogP contribution in [0.4, 0.5) is 0 Å². The molecule has 0 aliphatic heterocycles. The summed E-state index contributed by atoms with van der Waals surface area (Å²) >= 11 is 0. The molecule has 0 radical (unpaired) electrons. The Balaban J connectivity index is 2.64. The largest absolute Gasteiger partial charge is 0.464 e. The maximum Gasteiger partial charge on any atom is 0.384 e. The van der Waals surface area contributed by atoms with Gasteiger partial charge in [0.15, 0.2) is 0 Å². The first-order valence-corrected chi connectivity index (χ1v) is 4.89. The molecule has 1 aromatic rings. The van der Waals surface area contributed by atoms with Crippen LogP contribution >= 0.6 is 0 Å². The minimum absolute atomic E-state index is 0.296. The van der Waals surface area contributed by atoms with Gasteiger partial charge in [0, 0.05) is 18.3 Å². The Labute approximate surface area is 93.8 Å². The Morgan fingerprint density at radius 2 is 2.00 bits per heavy atom. The highest BCUT2D eigenvalue weighted by molar-refractivity contribution is 5.89. The van der Waals surface area contributed by atoms with E-state index in [1.807, 2.05) is 6.92 Å². The van der Waals surface area contributed by atoms with Crippen LogP contribution in [0.5, 0.6) is 6.01 Å². The SMILES string of the molecule is CCOC(=O)C#Cc1cnc(OCC)nc1. The number of carbonyl (C=O) groups excluding carboxylic acids is 1. The van der Waals surface area contributed by atoms with Gasteiger partial charge in [-0.2, -0.15) is 0 Å². The second kappa shape index (κ2) is 6.40. The fourth-order valence-corrected chi connectivity index (χ4v) is 0.875. The van der Waals surface area contributed by atoms with Crippen molar-refractivity contribution in [1.82, 2.24) is 9.97 Å². The van der Waals surface area contributed by atoms with Gasteiger partial charge in [-0.1, -0.05) is 5.92 Å². The second-order valence-electron chi connectivity index (χ2n) is 2.66. The molecule has 0 aliphatic carbocycles. The molecule has 0 unspecified atom stereocenters. The molecule has 16 heavy (non-hydrogen) atoms. The summed E-state index contributed by atoms with van der Waals surface area (Å²) in [6.07, 6.45) is 2.98. The van der Waals surface area contributed by atoms with Gasteiger partial charge in [-0.05, 0) is 13.8 Å². The molecule has 1 aromatic heterocycles. The second-order valence-corrected chi connectivity index (χ2v) is 2.66. The van der Waals surface area contributed by atoms with E-state index in [4.69, 9.17) is 4.74 Å². The van der Waals surface area contributed by atoms with E-state index in [2.05, 4.69) is 26.5 Å². The molecule has 1 heterocycles. The van der Waals surface area contributed by atoms with Gasteiger partial charge in [-0.25, -0.2) is 14.8 Å². The first-order valence-electron chi connectivity index (χ1n) is 4.89. The molecule has 0 saturated heterocycles. The number of rotatable bonds is 3. The average molecular weight is 220 g/mol. The van der Waals surface area contributed by atoms with Crippen LogP contribution in [0.3, 0.4) is 0 Å². The number of hydrogen-bond donors (Lipinski definition) is 0. The van der Waals surface area contributed by atoms with E-state index < -0.39 is 5.97 Å². The van der Waals surface area contributed by atoms with Gasteiger partial charge in [-0.3, -0.25) is 0 Å². The average Bonchev–Trinajstić information content (AvgIpc) is 2.29. The molecule has 0 saturated carbocycles. The van der Waals surface area contributed by atoms with Crippen LogP contribution in [0.25, 0.3) is 0 Å². The summed E-state index contributed by atoms with van der Waals surface area (Å²) in [4.78, 5) is 18.7. The first kappa shape index (κ1) is 12.0. The minimum Gasteiger partial charge on any atom is -0.464 e. The number of nitrogens with zero attached hydrogens (tertiary/aromatic N) is 2. The zero-order chi connectivity index (χ0) is 11.8. The molecular formula is C11H12N2O3. The third-order valence-electron chi connectivity index (χ3n) is 1.49. The highest BCUT2D eigenvalue weighted by atomic mass is 16.5. The molecule has 5 nitrogen and oxygen atoms in total. The van der Waals surface area contributed by atoms with Gasteiger partial charge in [-0.15, -0.1) is 0 Å². The van der Waals surface area contributed by atoms with Crippen molar-refractivity contribution in [2.75, 3.05) is 13.2 Å². The molecule has 0 atom stereocenters. The maximum atomic E-state index is 10.9. The van der Waals surface area contributed by atoms with E-state index in [1.54, 1.807) is 6.92 Å². The molecule has 0 spiro atoms. The summed E-state index contributed by atoms with van der Waals surface area (Å²) in [6, 6.07) is 0.296. The third kappa shape index (κ3) is 3.96. The lowest BCUT2D eigenvalue weighted by molar-refractivity contribution is -0.136. The van der Waals surface area contributed by atoms with E-state index >= 15 is 0 Å². The molecular weight excluding hydrogens is 208 g/mol. The van der Waals surface area contributed by atoms with Gasteiger partial charge in [0.05, 0.1) is 18.8 Å². The number of carbonyl (C=O) groups is 1. The Bertz CT molecular complexity index is 403. The monoisotopic (exact) mass is 220 g/mol. The van der Waals surface area contributed by atoms with Crippen LogP contribution in [-0.2, 0) is 9.53 Å². The van der Waals surface area contributed by atoms with Crippen molar-refractivity contribution >= 4 is 5.97 Å². The molecule has 5 heteroatoms. The zero-order valence-electron chi connectivity index (χ0n) is 9.19. The maximum absolute atomic E-state index is 10.9. The van der Waals surface area contributed by atoms with Crippen molar-refractivity contribution in [3.05, 3.63) is 18.0 Å². The summed E-state index contributed by atoms with van der Waals surface area (Å²) < 4.78 is 9.71. The molecule has 0 aromatic carbocycles. The quantitative estimate of drug-likeness (QED) is 0.556. The van der Waals surface area contributed by atoms with Crippen LogP contribution in [-0.4, -0.2) is 29.2 Å². The summed E-state index contributed by atoms with van der Waals surface area (Å²) in [7, 11) is 0. The van der Waals surface area contributed by atoms with Crippen molar-refractivity contribution in [1.29, 1.82) is 0 Å². The summed E-state index contributed by atoms with van der Waals surface area (Å²) in [5.41, 5.74) is 0.538. The molecule has 0 bridgehead atoms. The van der Waals surface area contributed by atoms with Gasteiger partial charge < -0.3 is 9.47 Å². The molecule has 84 valence electrons. The highest BCUT2D eigenvalue weighted by Crippen LogP contribution is 2.00. The van der Waals surface area contributed by atoms with Crippen molar-refractivity contribution in [2.24, 2.45) is 0 Å². The topological polar surface area (TPSA) is 61.3 Å². The van der Waals surface area contributed by atoms with Gasteiger partial charge in [0.25, 0.3) is 0 Å². The highest BCUT2D eigenvalue weighted by Gasteiger charge is 1.96. The number of ether oxygens (including phenoxy) is 2. The molecule has 0 aliphatic rings. The van der Waals surface area contributed by atoms with E-state index in [-0.39, 0.29) is 0 Å². The number of hydrogen-bond acceptors (Lipinski definition) is 5. The number of aromatic nitrogens is 2. The van der Waals surface area contributed by atoms with E-state index in [0.29, 0.717) is 24.8 Å². The molecule has 1 rings (SSSR count). The lowest BCUT2D eigenvalue weighted by Crippen LogP contribution is -2.00. The van der Waals surface area contributed by atoms with Crippen LogP contribution in [0, 0.1) is 11.8 Å². The van der Waals surface area contributed by atoms with E-state index in [1.165, 1.54) is 12.4 Å². The van der Waals surface area contributed by atoms with Crippen LogP contribution in [0.2, 0.25) is 0 Å². The van der Waals surface area contributed by atoms with Gasteiger partial charge in [0.2, 0.25) is 0 Å². The lowest BCUT2D eigenvalue weighted by atomic mass is 10.3. The Morgan fingerprint density at radius 3 is 2.56 bits per heavy atom. The van der Waals surface area contributed by atoms with E-state index in [0.717, 1.165) is 0 Å². The predicted octanol–water partition coefficient (Wildman–Crippen LogP) is 0.790. The third-order valence-corrected chi connectivity index (χ3v) is 1.49. The van der Waals surface area contributed by atoms with Crippen LogP contribution in [0.1, 0.15) is 19.4 Å². The fraction of sp³-hybridized carbons (Fsp3) is 0.364. The fourth-order valence-electron chi connectivity index (χ4n) is 0.875. The standard InChI is InChI=1S/C11H12N2O3/c1-3-15-10(14)6-5-9-7-12-11(13-8-9)16-4-2/h7-8H,3-4H2,1-2H3. The first-order chi connectivity index (χ1) is 7.76. The summed E-state index contributed by atoms with van der Waals surface area (Å²) in [5.74, 6) is 4.35. The van der Waals surface area contributed by atoms with Crippen molar-refractivity contribution in [3.8, 4) is 17.9 Å².